The topological polar surface area (TPSA) is 139 Å². The Bertz CT molecular complexity index is 876. The number of nitrogens with zero attached hydrogens (tertiary/aromatic N) is 4. The Labute approximate surface area is 162 Å². The van der Waals surface area contributed by atoms with E-state index in [1.165, 1.54) is 6.33 Å². The highest BCUT2D eigenvalue weighted by atomic mass is 16.4. The number of carbonyl (C=O) groups excluding carboxylic acids is 2. The predicted octanol–water partition coefficient (Wildman–Crippen LogP) is 0.405. The Hall–Kier alpha value is -3.04. The minimum absolute atomic E-state index is 0.124. The van der Waals surface area contributed by atoms with Crippen LogP contribution in [0.2, 0.25) is 0 Å². The number of carboxylic acid groups (broad SMARTS) is 1. The van der Waals surface area contributed by atoms with Crippen molar-refractivity contribution in [1.82, 2.24) is 30.2 Å². The maximum absolute atomic E-state index is 12.1. The second-order valence-corrected chi connectivity index (χ2v) is 7.10. The Morgan fingerprint density at radius 3 is 2.57 bits per heavy atom. The van der Waals surface area contributed by atoms with E-state index in [0.29, 0.717) is 18.6 Å². The summed E-state index contributed by atoms with van der Waals surface area (Å²) in [6.45, 7) is 7.22. The fourth-order valence-corrected chi connectivity index (χ4v) is 2.96. The van der Waals surface area contributed by atoms with Gasteiger partial charge in [0.15, 0.2) is 0 Å². The molecular formula is C18H26N6O4. The standard InChI is InChI=1S/C18H26N6O4/c1-10(2)7-14(17(27)28)23-16(26)8-19-15(25)6-5-13-11(3)22-18-20-9-21-24(18)12(13)4/h9-10,14H,5-8H2,1-4H3,(H,19,25)(H,23,26)(H,27,28)/t14-/m0/s1. The molecule has 0 radical (unpaired) electrons. The van der Waals surface area contributed by atoms with Crippen LogP contribution in [0, 0.1) is 19.8 Å². The Kier molecular flexibility index (Phi) is 7.02. The first kappa shape index (κ1) is 21.3. The molecule has 152 valence electrons. The van der Waals surface area contributed by atoms with Crippen LogP contribution in [0.25, 0.3) is 5.78 Å². The molecule has 2 aromatic rings. The quantitative estimate of drug-likeness (QED) is 0.563. The number of carbonyl (C=O) groups is 3. The molecule has 2 amide bonds. The summed E-state index contributed by atoms with van der Waals surface area (Å²) in [5.74, 6) is -1.29. The first-order valence-electron chi connectivity index (χ1n) is 9.13. The highest BCUT2D eigenvalue weighted by molar-refractivity contribution is 5.87. The molecule has 0 spiro atoms. The average molecular weight is 390 g/mol. The van der Waals surface area contributed by atoms with Crippen molar-refractivity contribution in [3.8, 4) is 0 Å². The summed E-state index contributed by atoms with van der Waals surface area (Å²) in [5.41, 5.74) is 2.55. The molecule has 0 fully saturated rings. The van der Waals surface area contributed by atoms with Crippen LogP contribution >= 0.6 is 0 Å². The average Bonchev–Trinajstić information content (AvgIpc) is 3.07. The van der Waals surface area contributed by atoms with E-state index in [9.17, 15) is 14.4 Å². The van der Waals surface area contributed by atoms with Crippen LogP contribution < -0.4 is 10.6 Å². The normalized spacial score (nSPS) is 12.2. The lowest BCUT2D eigenvalue weighted by atomic mass is 10.0. The van der Waals surface area contributed by atoms with E-state index >= 15 is 0 Å². The van der Waals surface area contributed by atoms with Crippen molar-refractivity contribution in [3.05, 3.63) is 23.3 Å². The first-order chi connectivity index (χ1) is 13.2. The van der Waals surface area contributed by atoms with Gasteiger partial charge in [0.2, 0.25) is 11.8 Å². The van der Waals surface area contributed by atoms with Gasteiger partial charge in [-0.1, -0.05) is 13.8 Å². The van der Waals surface area contributed by atoms with E-state index in [1.54, 1.807) is 4.52 Å². The number of fused-ring (bicyclic) bond motifs is 1. The van der Waals surface area contributed by atoms with E-state index in [-0.39, 0.29) is 24.8 Å². The van der Waals surface area contributed by atoms with Gasteiger partial charge >= 0.3 is 5.97 Å². The molecule has 0 aliphatic heterocycles. The first-order valence-corrected chi connectivity index (χ1v) is 9.13. The van der Waals surface area contributed by atoms with Crippen LogP contribution in [-0.2, 0) is 20.8 Å². The smallest absolute Gasteiger partial charge is 0.326 e. The van der Waals surface area contributed by atoms with E-state index in [2.05, 4.69) is 25.7 Å². The molecule has 0 aliphatic rings. The monoisotopic (exact) mass is 390 g/mol. The number of hydrogen-bond donors (Lipinski definition) is 3. The number of amides is 2. The van der Waals surface area contributed by atoms with Crippen molar-refractivity contribution >= 4 is 23.6 Å². The van der Waals surface area contributed by atoms with Gasteiger partial charge < -0.3 is 15.7 Å². The highest BCUT2D eigenvalue weighted by Crippen LogP contribution is 2.14. The van der Waals surface area contributed by atoms with Gasteiger partial charge in [-0.15, -0.1) is 0 Å². The van der Waals surface area contributed by atoms with Crippen LogP contribution in [0.15, 0.2) is 6.33 Å². The SMILES string of the molecule is Cc1nc2ncnn2c(C)c1CCC(=O)NCC(=O)N[C@@H](CC(C)C)C(=O)O. The van der Waals surface area contributed by atoms with Crippen molar-refractivity contribution in [2.24, 2.45) is 5.92 Å². The largest absolute Gasteiger partial charge is 0.480 e. The third-order valence-corrected chi connectivity index (χ3v) is 4.38. The second-order valence-electron chi connectivity index (χ2n) is 7.10. The molecule has 1 atom stereocenters. The molecule has 0 aromatic carbocycles. The van der Waals surface area contributed by atoms with Crippen LogP contribution in [0.5, 0.6) is 0 Å². The molecule has 0 aliphatic carbocycles. The van der Waals surface area contributed by atoms with Crippen LogP contribution in [0.4, 0.5) is 0 Å². The van der Waals surface area contributed by atoms with Gasteiger partial charge in [-0.25, -0.2) is 14.3 Å². The predicted molar refractivity (Wildman–Crippen MR) is 101 cm³/mol. The summed E-state index contributed by atoms with van der Waals surface area (Å²) in [6.07, 6.45) is 2.36. The molecule has 2 heterocycles. The number of aliphatic carboxylic acids is 1. The zero-order valence-corrected chi connectivity index (χ0v) is 16.5. The Morgan fingerprint density at radius 1 is 1.21 bits per heavy atom. The lowest BCUT2D eigenvalue weighted by molar-refractivity contribution is -0.142. The van der Waals surface area contributed by atoms with Crippen LogP contribution in [-0.4, -0.2) is 55.1 Å². The summed E-state index contributed by atoms with van der Waals surface area (Å²) < 4.78 is 1.62. The minimum Gasteiger partial charge on any atom is -0.480 e. The van der Waals surface area contributed by atoms with Crippen molar-refractivity contribution in [2.75, 3.05) is 6.54 Å². The number of nitrogens with one attached hydrogen (secondary N) is 2. The lowest BCUT2D eigenvalue weighted by Gasteiger charge is -2.16. The van der Waals surface area contributed by atoms with E-state index < -0.39 is 17.9 Å². The molecule has 0 bridgehead atoms. The van der Waals surface area contributed by atoms with E-state index in [1.807, 2.05) is 27.7 Å². The van der Waals surface area contributed by atoms with Gasteiger partial charge in [-0.3, -0.25) is 9.59 Å². The molecule has 2 rings (SSSR count). The number of aryl methyl sites for hydroxylation is 2. The molecule has 0 saturated heterocycles. The Balaban J connectivity index is 1.86. The van der Waals surface area contributed by atoms with E-state index in [0.717, 1.165) is 17.0 Å². The minimum atomic E-state index is -1.09. The fourth-order valence-electron chi connectivity index (χ4n) is 2.96. The molecule has 28 heavy (non-hydrogen) atoms. The van der Waals surface area contributed by atoms with Crippen molar-refractivity contribution < 1.29 is 19.5 Å². The lowest BCUT2D eigenvalue weighted by Crippen LogP contribution is -2.46. The zero-order valence-electron chi connectivity index (χ0n) is 16.5. The molecule has 0 saturated carbocycles. The van der Waals surface area contributed by atoms with Gasteiger partial charge in [0.1, 0.15) is 12.4 Å². The summed E-state index contributed by atoms with van der Waals surface area (Å²) >= 11 is 0. The summed E-state index contributed by atoms with van der Waals surface area (Å²) in [5, 5.41) is 18.2. The molecular weight excluding hydrogens is 364 g/mol. The summed E-state index contributed by atoms with van der Waals surface area (Å²) in [7, 11) is 0. The number of rotatable bonds is 9. The molecule has 3 N–H and O–H groups in total. The zero-order chi connectivity index (χ0) is 20.8. The van der Waals surface area contributed by atoms with Gasteiger partial charge in [0, 0.05) is 17.8 Å². The fraction of sp³-hybridized carbons (Fsp3) is 0.556. The van der Waals surface area contributed by atoms with Gasteiger partial charge in [-0.05, 0) is 38.2 Å². The summed E-state index contributed by atoms with van der Waals surface area (Å²) in [4.78, 5) is 43.6. The van der Waals surface area contributed by atoms with E-state index in [4.69, 9.17) is 5.11 Å². The molecule has 10 nitrogen and oxygen atoms in total. The maximum atomic E-state index is 12.1. The summed E-state index contributed by atoms with van der Waals surface area (Å²) in [6, 6.07) is -0.963. The Morgan fingerprint density at radius 2 is 1.93 bits per heavy atom. The van der Waals surface area contributed by atoms with Gasteiger partial charge in [0.25, 0.3) is 5.78 Å². The number of hydrogen-bond acceptors (Lipinski definition) is 6. The molecule has 2 aromatic heterocycles. The van der Waals surface area contributed by atoms with Crippen molar-refractivity contribution in [1.29, 1.82) is 0 Å². The van der Waals surface area contributed by atoms with Crippen molar-refractivity contribution in [3.63, 3.8) is 0 Å². The van der Waals surface area contributed by atoms with Gasteiger partial charge in [0.05, 0.1) is 6.54 Å². The number of carboxylic acids is 1. The van der Waals surface area contributed by atoms with Crippen molar-refractivity contribution in [2.45, 2.75) is 53.0 Å². The number of aromatic nitrogens is 4. The molecule has 10 heteroatoms. The molecule has 0 unspecified atom stereocenters. The maximum Gasteiger partial charge on any atom is 0.326 e. The third-order valence-electron chi connectivity index (χ3n) is 4.38. The third kappa shape index (κ3) is 5.48. The highest BCUT2D eigenvalue weighted by Gasteiger charge is 2.21. The van der Waals surface area contributed by atoms with Crippen LogP contribution in [0.3, 0.4) is 0 Å². The van der Waals surface area contributed by atoms with Gasteiger partial charge in [-0.2, -0.15) is 10.1 Å². The second kappa shape index (κ2) is 9.25. The van der Waals surface area contributed by atoms with Crippen LogP contribution in [0.1, 0.15) is 43.6 Å².